The van der Waals surface area contributed by atoms with E-state index in [1.165, 1.54) is 10.9 Å². The van der Waals surface area contributed by atoms with E-state index in [-0.39, 0.29) is 5.82 Å². The van der Waals surface area contributed by atoms with Crippen LogP contribution in [0, 0.1) is 0 Å². The van der Waals surface area contributed by atoms with Crippen molar-refractivity contribution in [2.45, 2.75) is 24.5 Å². The van der Waals surface area contributed by atoms with E-state index in [2.05, 4.69) is 15.0 Å². The summed E-state index contributed by atoms with van der Waals surface area (Å²) in [5, 5.41) is 29.7. The molecule has 0 saturated carbocycles. The lowest BCUT2D eigenvalue weighted by atomic mass is 10.1. The lowest BCUT2D eigenvalue weighted by Crippen LogP contribution is -2.33. The number of nitrogen functional groups attached to an aromatic ring is 1. The summed E-state index contributed by atoms with van der Waals surface area (Å²) in [4.78, 5) is 12.6. The van der Waals surface area contributed by atoms with Crippen LogP contribution in [0.25, 0.3) is 17.1 Å². The van der Waals surface area contributed by atoms with Crippen molar-refractivity contribution in [3.05, 3.63) is 30.9 Å². The lowest BCUT2D eigenvalue weighted by molar-refractivity contribution is -0.0510. The number of rotatable bonds is 3. The number of aliphatic hydroxyl groups excluding tert-OH is 3. The first kappa shape index (κ1) is 15.0. The summed E-state index contributed by atoms with van der Waals surface area (Å²) < 4.78 is 8.87. The largest absolute Gasteiger partial charge is 0.394 e. The van der Waals surface area contributed by atoms with Gasteiger partial charge in [0.1, 0.15) is 24.6 Å². The van der Waals surface area contributed by atoms with Crippen LogP contribution in [-0.4, -0.2) is 64.3 Å². The Morgan fingerprint density at radius 2 is 1.92 bits per heavy atom. The molecule has 0 spiro atoms. The quantitative estimate of drug-likeness (QED) is 0.468. The third kappa shape index (κ3) is 2.08. The zero-order valence-corrected chi connectivity index (χ0v) is 12.5. The van der Waals surface area contributed by atoms with Crippen molar-refractivity contribution >= 4 is 17.0 Å². The molecule has 24 heavy (non-hydrogen) atoms. The predicted octanol–water partition coefficient (Wildman–Crippen LogP) is -1.19. The van der Waals surface area contributed by atoms with Crippen LogP contribution in [0.1, 0.15) is 6.23 Å². The van der Waals surface area contributed by atoms with Gasteiger partial charge in [-0.2, -0.15) is 0 Å². The number of imidazole rings is 1. The van der Waals surface area contributed by atoms with Crippen molar-refractivity contribution < 1.29 is 20.1 Å². The van der Waals surface area contributed by atoms with Gasteiger partial charge in [-0.05, 0) is 12.1 Å². The maximum Gasteiger partial charge on any atom is 0.218 e. The Labute approximate surface area is 135 Å². The molecule has 1 aliphatic heterocycles. The number of aliphatic hydroxyl groups is 3. The maximum atomic E-state index is 10.4. The molecule has 4 heterocycles. The molecule has 10 nitrogen and oxygen atoms in total. The highest BCUT2D eigenvalue weighted by Gasteiger charge is 2.45. The number of aromatic nitrogens is 5. The Hall–Kier alpha value is -2.53. The second-order valence-electron chi connectivity index (χ2n) is 5.53. The molecule has 1 fully saturated rings. The molecule has 0 aromatic carbocycles. The standard InChI is InChI=1S/C14H16N6O4/c15-11-8-12(17-6-16-11)20(14(18-8)19-3-1-2-4-19)13-10(23)9(22)7(5-21)24-13/h1-4,6-7,9-10,13,21-23H,5H2,(H2,15,16,17)/t7-,9-,10-,13-/m1/s1. The molecule has 5 N–H and O–H groups in total. The number of nitrogens with two attached hydrogens (primary N) is 1. The van der Waals surface area contributed by atoms with Crippen LogP contribution in [0.2, 0.25) is 0 Å². The van der Waals surface area contributed by atoms with Crippen molar-refractivity contribution in [1.29, 1.82) is 0 Å². The molecule has 0 amide bonds. The first-order chi connectivity index (χ1) is 11.6. The van der Waals surface area contributed by atoms with E-state index in [1.807, 2.05) is 12.1 Å². The van der Waals surface area contributed by atoms with Crippen LogP contribution in [0.5, 0.6) is 0 Å². The van der Waals surface area contributed by atoms with Gasteiger partial charge in [0.2, 0.25) is 5.95 Å². The Kier molecular flexibility index (Phi) is 3.46. The lowest BCUT2D eigenvalue weighted by Gasteiger charge is -2.19. The topological polar surface area (TPSA) is 144 Å². The number of hydrogen-bond donors (Lipinski definition) is 4. The van der Waals surface area contributed by atoms with Gasteiger partial charge in [-0.1, -0.05) is 0 Å². The molecule has 4 rings (SSSR count). The van der Waals surface area contributed by atoms with Gasteiger partial charge >= 0.3 is 0 Å². The molecular formula is C14H16N6O4. The third-order valence-corrected chi connectivity index (χ3v) is 4.09. The molecule has 1 saturated heterocycles. The SMILES string of the molecule is Nc1ncnc2c1nc(-n1cccc1)n2[C@@H]1O[C@H](CO)[C@@H](O)[C@H]1O. The number of fused-ring (bicyclic) bond motifs is 1. The first-order valence-corrected chi connectivity index (χ1v) is 7.36. The van der Waals surface area contributed by atoms with Crippen molar-refractivity contribution in [3.8, 4) is 5.95 Å². The number of ether oxygens (including phenoxy) is 1. The van der Waals surface area contributed by atoms with E-state index >= 15 is 0 Å². The average molecular weight is 332 g/mol. The van der Waals surface area contributed by atoms with E-state index in [0.29, 0.717) is 17.1 Å². The fourth-order valence-electron chi connectivity index (χ4n) is 2.89. The molecule has 0 bridgehead atoms. The summed E-state index contributed by atoms with van der Waals surface area (Å²) >= 11 is 0. The van der Waals surface area contributed by atoms with E-state index < -0.39 is 31.1 Å². The van der Waals surface area contributed by atoms with Gasteiger partial charge in [0.25, 0.3) is 0 Å². The summed E-state index contributed by atoms with van der Waals surface area (Å²) in [6.45, 7) is -0.419. The normalized spacial score (nSPS) is 27.1. The Morgan fingerprint density at radius 1 is 1.17 bits per heavy atom. The van der Waals surface area contributed by atoms with Crippen LogP contribution in [0.15, 0.2) is 30.9 Å². The Morgan fingerprint density at radius 3 is 2.58 bits per heavy atom. The highest BCUT2D eigenvalue weighted by atomic mass is 16.6. The monoisotopic (exact) mass is 332 g/mol. The summed E-state index contributed by atoms with van der Waals surface area (Å²) in [5.41, 5.74) is 6.60. The second kappa shape index (κ2) is 5.53. The zero-order valence-electron chi connectivity index (χ0n) is 12.5. The minimum atomic E-state index is -1.26. The van der Waals surface area contributed by atoms with Crippen LogP contribution in [0.4, 0.5) is 5.82 Å². The van der Waals surface area contributed by atoms with Crippen molar-refractivity contribution in [3.63, 3.8) is 0 Å². The number of anilines is 1. The first-order valence-electron chi connectivity index (χ1n) is 7.36. The van der Waals surface area contributed by atoms with Crippen molar-refractivity contribution in [2.24, 2.45) is 0 Å². The van der Waals surface area contributed by atoms with Gasteiger partial charge < -0.3 is 25.8 Å². The van der Waals surface area contributed by atoms with Crippen molar-refractivity contribution in [2.75, 3.05) is 12.3 Å². The predicted molar refractivity (Wildman–Crippen MR) is 82.1 cm³/mol. The summed E-state index contributed by atoms with van der Waals surface area (Å²) in [5.74, 6) is 0.593. The van der Waals surface area contributed by atoms with Gasteiger partial charge in [-0.25, -0.2) is 15.0 Å². The average Bonchev–Trinajstić information content (AvgIpc) is 3.27. The molecule has 4 atom stereocenters. The summed E-state index contributed by atoms with van der Waals surface area (Å²) in [6, 6.07) is 3.63. The minimum Gasteiger partial charge on any atom is -0.394 e. The Bertz CT molecular complexity index is 864. The fraction of sp³-hybridized carbons (Fsp3) is 0.357. The molecule has 3 aromatic rings. The molecule has 1 aliphatic rings. The molecule has 126 valence electrons. The van der Waals surface area contributed by atoms with Gasteiger partial charge in [0.15, 0.2) is 23.2 Å². The van der Waals surface area contributed by atoms with Crippen molar-refractivity contribution in [1.82, 2.24) is 24.1 Å². The fourth-order valence-corrected chi connectivity index (χ4v) is 2.89. The van der Waals surface area contributed by atoms with Crippen LogP contribution in [0.3, 0.4) is 0 Å². The Balaban J connectivity index is 1.94. The highest BCUT2D eigenvalue weighted by molar-refractivity contribution is 5.83. The molecular weight excluding hydrogens is 316 g/mol. The van der Waals surface area contributed by atoms with Crippen LogP contribution >= 0.6 is 0 Å². The van der Waals surface area contributed by atoms with E-state index in [4.69, 9.17) is 10.5 Å². The zero-order chi connectivity index (χ0) is 16.8. The van der Waals surface area contributed by atoms with Gasteiger partial charge in [0, 0.05) is 12.4 Å². The molecule has 0 unspecified atom stereocenters. The maximum absolute atomic E-state index is 10.4. The van der Waals surface area contributed by atoms with E-state index in [1.54, 1.807) is 17.0 Å². The summed E-state index contributed by atoms with van der Waals surface area (Å²) in [7, 11) is 0. The molecule has 0 aliphatic carbocycles. The van der Waals surface area contributed by atoms with E-state index in [9.17, 15) is 15.3 Å². The van der Waals surface area contributed by atoms with Gasteiger partial charge in [-0.15, -0.1) is 0 Å². The van der Waals surface area contributed by atoms with Gasteiger partial charge in [-0.3, -0.25) is 9.13 Å². The molecule has 0 radical (unpaired) electrons. The van der Waals surface area contributed by atoms with Crippen LogP contribution in [-0.2, 0) is 4.74 Å². The van der Waals surface area contributed by atoms with E-state index in [0.717, 1.165) is 0 Å². The second-order valence-corrected chi connectivity index (χ2v) is 5.53. The molecule has 10 heteroatoms. The summed E-state index contributed by atoms with van der Waals surface area (Å²) in [6.07, 6.45) is 0.453. The highest BCUT2D eigenvalue weighted by Crippen LogP contribution is 2.34. The minimum absolute atomic E-state index is 0.193. The smallest absolute Gasteiger partial charge is 0.218 e. The third-order valence-electron chi connectivity index (χ3n) is 4.09. The van der Waals surface area contributed by atoms with Gasteiger partial charge in [0.05, 0.1) is 6.61 Å². The van der Waals surface area contributed by atoms with Crippen LogP contribution < -0.4 is 5.73 Å². The number of nitrogens with zero attached hydrogens (tertiary/aromatic N) is 5. The molecule has 3 aromatic heterocycles. The number of hydrogen-bond acceptors (Lipinski definition) is 8.